The Kier molecular flexibility index (Phi) is 3.65. The van der Waals surface area contributed by atoms with E-state index in [1.54, 1.807) is 23.9 Å². The lowest BCUT2D eigenvalue weighted by molar-refractivity contribution is 0.574. The van der Waals surface area contributed by atoms with Gasteiger partial charge in [-0.2, -0.15) is 5.10 Å². The van der Waals surface area contributed by atoms with Crippen LogP contribution in [0.5, 0.6) is 0 Å². The number of nitrogens with zero attached hydrogens (tertiary/aromatic N) is 2. The maximum atomic E-state index is 11.2. The molecule has 14 heavy (non-hydrogen) atoms. The van der Waals surface area contributed by atoms with E-state index in [2.05, 4.69) is 5.10 Å². The van der Waals surface area contributed by atoms with Gasteiger partial charge in [0.05, 0.1) is 18.0 Å². The van der Waals surface area contributed by atoms with Crippen LogP contribution in [0.4, 0.5) is 0 Å². The standard InChI is InChI=1S/C8H15N3O2S/c1-2-14(12,13)6-5-11-8(7-9)3-4-10-11/h3-4H,2,5-7,9H2,1H3. The van der Waals surface area contributed by atoms with Gasteiger partial charge in [-0.25, -0.2) is 8.42 Å². The molecule has 0 saturated carbocycles. The summed E-state index contributed by atoms with van der Waals surface area (Å²) < 4.78 is 24.1. The number of hydrogen-bond donors (Lipinski definition) is 1. The fourth-order valence-electron chi connectivity index (χ4n) is 1.10. The van der Waals surface area contributed by atoms with Crippen molar-refractivity contribution in [3.05, 3.63) is 18.0 Å². The van der Waals surface area contributed by atoms with Gasteiger partial charge in [-0.3, -0.25) is 4.68 Å². The van der Waals surface area contributed by atoms with Crippen molar-refractivity contribution in [3.63, 3.8) is 0 Å². The zero-order valence-electron chi connectivity index (χ0n) is 8.18. The molecule has 0 aliphatic heterocycles. The Morgan fingerprint density at radius 2 is 2.29 bits per heavy atom. The van der Waals surface area contributed by atoms with E-state index in [0.717, 1.165) is 5.69 Å². The van der Waals surface area contributed by atoms with E-state index < -0.39 is 9.84 Å². The predicted molar refractivity (Wildman–Crippen MR) is 54.4 cm³/mol. The van der Waals surface area contributed by atoms with Crippen LogP contribution in [0.1, 0.15) is 12.6 Å². The second-order valence-electron chi connectivity index (χ2n) is 2.99. The third-order valence-corrected chi connectivity index (χ3v) is 3.75. The minimum atomic E-state index is -2.92. The van der Waals surface area contributed by atoms with E-state index in [1.165, 1.54) is 0 Å². The van der Waals surface area contributed by atoms with Crippen LogP contribution in [-0.2, 0) is 22.9 Å². The molecule has 2 N–H and O–H groups in total. The Morgan fingerprint density at radius 1 is 1.57 bits per heavy atom. The largest absolute Gasteiger partial charge is 0.325 e. The average Bonchev–Trinajstić information content (AvgIpc) is 2.62. The van der Waals surface area contributed by atoms with Gasteiger partial charge in [-0.15, -0.1) is 0 Å². The lowest BCUT2D eigenvalue weighted by Gasteiger charge is -2.05. The van der Waals surface area contributed by atoms with Crippen molar-refractivity contribution in [1.82, 2.24) is 9.78 Å². The van der Waals surface area contributed by atoms with Crippen molar-refractivity contribution in [2.24, 2.45) is 5.73 Å². The summed E-state index contributed by atoms with van der Waals surface area (Å²) in [6.07, 6.45) is 1.63. The summed E-state index contributed by atoms with van der Waals surface area (Å²) in [5, 5.41) is 4.00. The molecule has 1 aromatic heterocycles. The summed E-state index contributed by atoms with van der Waals surface area (Å²) in [5.74, 6) is 0.296. The molecule has 0 aliphatic rings. The highest BCUT2D eigenvalue weighted by Gasteiger charge is 2.08. The molecule has 0 aliphatic carbocycles. The molecule has 0 saturated heterocycles. The summed E-state index contributed by atoms with van der Waals surface area (Å²) in [6, 6.07) is 1.79. The van der Waals surface area contributed by atoms with Crippen LogP contribution in [-0.4, -0.2) is 29.7 Å². The minimum Gasteiger partial charge on any atom is -0.325 e. The third kappa shape index (κ3) is 2.81. The van der Waals surface area contributed by atoms with Crippen LogP contribution >= 0.6 is 0 Å². The lowest BCUT2D eigenvalue weighted by Crippen LogP contribution is -2.17. The Balaban J connectivity index is 2.62. The highest BCUT2D eigenvalue weighted by Crippen LogP contribution is 1.99. The molecule has 0 radical (unpaired) electrons. The number of sulfone groups is 1. The average molecular weight is 217 g/mol. The monoisotopic (exact) mass is 217 g/mol. The molecular weight excluding hydrogens is 202 g/mol. The highest BCUT2D eigenvalue weighted by molar-refractivity contribution is 7.91. The van der Waals surface area contributed by atoms with Gasteiger partial charge in [0.2, 0.25) is 0 Å². The highest BCUT2D eigenvalue weighted by atomic mass is 32.2. The molecule has 1 aromatic rings. The van der Waals surface area contributed by atoms with E-state index >= 15 is 0 Å². The van der Waals surface area contributed by atoms with Crippen molar-refractivity contribution in [3.8, 4) is 0 Å². The predicted octanol–water partition coefficient (Wildman–Crippen LogP) is -0.224. The third-order valence-electron chi connectivity index (χ3n) is 2.07. The number of nitrogens with two attached hydrogens (primary N) is 1. The van der Waals surface area contributed by atoms with Crippen LogP contribution in [0.3, 0.4) is 0 Å². The summed E-state index contributed by atoms with van der Waals surface area (Å²) >= 11 is 0. The van der Waals surface area contributed by atoms with Crippen LogP contribution in [0.2, 0.25) is 0 Å². The van der Waals surface area contributed by atoms with Gasteiger partial charge < -0.3 is 5.73 Å². The Morgan fingerprint density at radius 3 is 2.86 bits per heavy atom. The summed E-state index contributed by atoms with van der Waals surface area (Å²) in [4.78, 5) is 0. The molecule has 1 rings (SSSR count). The number of hydrogen-bond acceptors (Lipinski definition) is 4. The van der Waals surface area contributed by atoms with E-state index in [9.17, 15) is 8.42 Å². The Hall–Kier alpha value is -0.880. The first kappa shape index (κ1) is 11.2. The first-order valence-corrected chi connectivity index (χ1v) is 6.32. The van der Waals surface area contributed by atoms with Gasteiger partial charge in [0.1, 0.15) is 0 Å². The second kappa shape index (κ2) is 4.56. The molecule has 1 heterocycles. The molecule has 0 fully saturated rings. The van der Waals surface area contributed by atoms with Crippen molar-refractivity contribution in [1.29, 1.82) is 0 Å². The molecule has 80 valence electrons. The molecule has 0 atom stereocenters. The van der Waals surface area contributed by atoms with Crippen molar-refractivity contribution in [2.45, 2.75) is 20.0 Å². The van der Waals surface area contributed by atoms with Crippen LogP contribution in [0, 0.1) is 0 Å². The van der Waals surface area contributed by atoms with Gasteiger partial charge in [-0.05, 0) is 6.07 Å². The zero-order chi connectivity index (χ0) is 10.6. The van der Waals surface area contributed by atoms with Gasteiger partial charge >= 0.3 is 0 Å². The molecule has 6 heteroatoms. The zero-order valence-corrected chi connectivity index (χ0v) is 9.00. The van der Waals surface area contributed by atoms with Crippen LogP contribution in [0.15, 0.2) is 12.3 Å². The molecule has 5 nitrogen and oxygen atoms in total. The van der Waals surface area contributed by atoms with Gasteiger partial charge in [0, 0.05) is 18.5 Å². The van der Waals surface area contributed by atoms with E-state index in [1.807, 2.05) is 0 Å². The SMILES string of the molecule is CCS(=O)(=O)CCn1nccc1CN. The second-order valence-corrected chi connectivity index (χ2v) is 5.46. The molecular formula is C8H15N3O2S. The number of aromatic nitrogens is 2. The fourth-order valence-corrected chi connectivity index (χ4v) is 1.84. The smallest absolute Gasteiger partial charge is 0.151 e. The molecule has 0 spiro atoms. The van der Waals surface area contributed by atoms with Gasteiger partial charge in [-0.1, -0.05) is 6.92 Å². The molecule has 0 amide bonds. The minimum absolute atomic E-state index is 0.123. The fraction of sp³-hybridized carbons (Fsp3) is 0.625. The molecule has 0 bridgehead atoms. The topological polar surface area (TPSA) is 78.0 Å². The maximum absolute atomic E-state index is 11.2. The van der Waals surface area contributed by atoms with Crippen LogP contribution in [0.25, 0.3) is 0 Å². The quantitative estimate of drug-likeness (QED) is 0.739. The lowest BCUT2D eigenvalue weighted by atomic mass is 10.4. The number of aryl methyl sites for hydroxylation is 1. The maximum Gasteiger partial charge on any atom is 0.151 e. The summed E-state index contributed by atoms with van der Waals surface area (Å²) in [5.41, 5.74) is 6.31. The van der Waals surface area contributed by atoms with E-state index in [-0.39, 0.29) is 11.5 Å². The number of rotatable bonds is 5. The first-order chi connectivity index (χ1) is 6.59. The van der Waals surface area contributed by atoms with Crippen molar-refractivity contribution < 1.29 is 8.42 Å². The van der Waals surface area contributed by atoms with E-state index in [0.29, 0.717) is 13.1 Å². The van der Waals surface area contributed by atoms with Crippen LogP contribution < -0.4 is 5.73 Å². The van der Waals surface area contributed by atoms with Gasteiger partial charge in [0.25, 0.3) is 0 Å². The Bertz CT molecular complexity index is 383. The molecule has 0 aromatic carbocycles. The van der Waals surface area contributed by atoms with Crippen molar-refractivity contribution in [2.75, 3.05) is 11.5 Å². The Labute approximate surface area is 83.8 Å². The first-order valence-electron chi connectivity index (χ1n) is 4.50. The van der Waals surface area contributed by atoms with Crippen molar-refractivity contribution >= 4 is 9.84 Å². The van der Waals surface area contributed by atoms with Gasteiger partial charge in [0.15, 0.2) is 9.84 Å². The normalized spacial score (nSPS) is 11.9. The summed E-state index contributed by atoms with van der Waals surface area (Å²) in [7, 11) is -2.92. The molecule has 0 unspecified atom stereocenters. The van der Waals surface area contributed by atoms with E-state index in [4.69, 9.17) is 5.73 Å². The summed E-state index contributed by atoms with van der Waals surface area (Å²) in [6.45, 7) is 2.41.